The molecule has 0 aromatic heterocycles. The second-order valence-corrected chi connectivity index (χ2v) is 7.81. The fourth-order valence-electron chi connectivity index (χ4n) is 3.25. The molecular formula is C25H44O5. The molecule has 5 heteroatoms. The van der Waals surface area contributed by atoms with Crippen LogP contribution in [0.5, 0.6) is 0 Å². The van der Waals surface area contributed by atoms with Crippen LogP contribution in [0.15, 0.2) is 24.3 Å². The Balaban J connectivity index is 1.99. The van der Waals surface area contributed by atoms with Gasteiger partial charge in [-0.2, -0.15) is 0 Å². The lowest BCUT2D eigenvalue weighted by Crippen LogP contribution is -2.12. The second-order valence-electron chi connectivity index (χ2n) is 7.81. The van der Waals surface area contributed by atoms with Gasteiger partial charge in [-0.1, -0.05) is 76.6 Å². The predicted octanol–water partition coefficient (Wildman–Crippen LogP) is 5.10. The largest absolute Gasteiger partial charge is 0.394 e. The summed E-state index contributed by atoms with van der Waals surface area (Å²) in [4.78, 5) is 0. The summed E-state index contributed by atoms with van der Waals surface area (Å²) < 4.78 is 21.6. The lowest BCUT2D eigenvalue weighted by molar-refractivity contribution is -0.00743. The van der Waals surface area contributed by atoms with E-state index in [0.29, 0.717) is 58.8 Å². The third-order valence-corrected chi connectivity index (χ3v) is 5.16. The Morgan fingerprint density at radius 2 is 1.23 bits per heavy atom. The van der Waals surface area contributed by atoms with E-state index in [1.54, 1.807) is 0 Å². The van der Waals surface area contributed by atoms with Gasteiger partial charge < -0.3 is 24.1 Å². The summed E-state index contributed by atoms with van der Waals surface area (Å²) in [6.07, 6.45) is 9.44. The van der Waals surface area contributed by atoms with Crippen molar-refractivity contribution in [3.8, 4) is 0 Å². The topological polar surface area (TPSA) is 57.2 Å². The molecule has 0 fully saturated rings. The molecular weight excluding hydrogens is 380 g/mol. The maximum absolute atomic E-state index is 8.58. The number of unbranched alkanes of at least 4 members (excludes halogenated alkanes) is 5. The summed E-state index contributed by atoms with van der Waals surface area (Å²) >= 11 is 0. The average molecular weight is 425 g/mol. The maximum atomic E-state index is 8.58. The van der Waals surface area contributed by atoms with Crippen LogP contribution in [-0.2, 0) is 25.6 Å². The second kappa shape index (κ2) is 20.0. The van der Waals surface area contributed by atoms with Crippen LogP contribution in [0, 0.1) is 0 Å². The molecule has 1 atom stereocenters. The first-order valence-electron chi connectivity index (χ1n) is 11.8. The highest BCUT2D eigenvalue weighted by Gasteiger charge is 2.05. The first-order chi connectivity index (χ1) is 14.8. The number of aliphatic hydroxyl groups is 1. The highest BCUT2D eigenvalue weighted by molar-refractivity contribution is 5.24. The van der Waals surface area contributed by atoms with Gasteiger partial charge in [-0.15, -0.1) is 0 Å². The molecule has 0 radical (unpaired) electrons. The molecule has 174 valence electrons. The molecule has 5 nitrogen and oxygen atoms in total. The zero-order chi connectivity index (χ0) is 21.7. The van der Waals surface area contributed by atoms with Crippen LogP contribution in [0.4, 0.5) is 0 Å². The Bertz CT molecular complexity index is 477. The Morgan fingerprint density at radius 3 is 1.83 bits per heavy atom. The van der Waals surface area contributed by atoms with Gasteiger partial charge in [-0.25, -0.2) is 0 Å². The molecule has 30 heavy (non-hydrogen) atoms. The predicted molar refractivity (Wildman–Crippen MR) is 122 cm³/mol. The smallest absolute Gasteiger partial charge is 0.0718 e. The number of hydrogen-bond donors (Lipinski definition) is 1. The van der Waals surface area contributed by atoms with Crippen molar-refractivity contribution >= 4 is 0 Å². The molecule has 0 bridgehead atoms. The van der Waals surface area contributed by atoms with Gasteiger partial charge in [0, 0.05) is 0 Å². The van der Waals surface area contributed by atoms with Crippen LogP contribution in [0.3, 0.4) is 0 Å². The van der Waals surface area contributed by atoms with Crippen molar-refractivity contribution in [1.29, 1.82) is 0 Å². The van der Waals surface area contributed by atoms with E-state index in [1.165, 1.54) is 56.1 Å². The zero-order valence-corrected chi connectivity index (χ0v) is 19.3. The molecule has 0 spiro atoms. The minimum Gasteiger partial charge on any atom is -0.394 e. The van der Waals surface area contributed by atoms with E-state index in [1.807, 2.05) is 0 Å². The number of hydrogen-bond acceptors (Lipinski definition) is 5. The van der Waals surface area contributed by atoms with Crippen molar-refractivity contribution in [2.24, 2.45) is 0 Å². The number of rotatable bonds is 21. The molecule has 1 N–H and O–H groups in total. The van der Waals surface area contributed by atoms with Gasteiger partial charge in [0.2, 0.25) is 0 Å². The first-order valence-corrected chi connectivity index (χ1v) is 11.8. The monoisotopic (exact) mass is 424 g/mol. The Hall–Kier alpha value is -0.980. The van der Waals surface area contributed by atoms with Crippen molar-refractivity contribution < 1.29 is 24.1 Å². The van der Waals surface area contributed by atoms with E-state index in [4.69, 9.17) is 24.1 Å². The standard InChI is InChI=1S/C25H44O5/c1-3-4-5-6-7-8-9-23(2)25-12-10-24(11-13-25)22-30-21-20-29-19-18-28-17-16-27-15-14-26/h10-13,23,26H,3-9,14-22H2,1-2H3. The van der Waals surface area contributed by atoms with Crippen molar-refractivity contribution in [1.82, 2.24) is 0 Å². The third-order valence-electron chi connectivity index (χ3n) is 5.16. The highest BCUT2D eigenvalue weighted by Crippen LogP contribution is 2.23. The van der Waals surface area contributed by atoms with E-state index in [0.717, 1.165) is 0 Å². The molecule has 0 saturated carbocycles. The average Bonchev–Trinajstić information content (AvgIpc) is 2.77. The van der Waals surface area contributed by atoms with Gasteiger partial charge in [0.15, 0.2) is 0 Å². The fourth-order valence-corrected chi connectivity index (χ4v) is 3.25. The molecule has 1 rings (SSSR count). The molecule has 0 heterocycles. The van der Waals surface area contributed by atoms with Gasteiger partial charge in [0.05, 0.1) is 59.5 Å². The third kappa shape index (κ3) is 14.9. The molecule has 0 amide bonds. The summed E-state index contributed by atoms with van der Waals surface area (Å²) in [6.45, 7) is 8.89. The van der Waals surface area contributed by atoms with Gasteiger partial charge >= 0.3 is 0 Å². The lowest BCUT2D eigenvalue weighted by atomic mass is 9.94. The minimum atomic E-state index is 0.0473. The van der Waals surface area contributed by atoms with Gasteiger partial charge in [-0.3, -0.25) is 0 Å². The molecule has 1 unspecified atom stereocenters. The van der Waals surface area contributed by atoms with Crippen LogP contribution in [0.25, 0.3) is 0 Å². The van der Waals surface area contributed by atoms with Crippen LogP contribution in [0.2, 0.25) is 0 Å². The van der Waals surface area contributed by atoms with Crippen LogP contribution in [-0.4, -0.2) is 58.0 Å². The normalized spacial score (nSPS) is 12.4. The number of ether oxygens (including phenoxy) is 4. The molecule has 0 aliphatic heterocycles. The molecule has 1 aromatic rings. The van der Waals surface area contributed by atoms with E-state index in [2.05, 4.69) is 38.1 Å². The molecule has 0 aliphatic rings. The lowest BCUT2D eigenvalue weighted by Gasteiger charge is -2.13. The van der Waals surface area contributed by atoms with Gasteiger partial charge in [0.25, 0.3) is 0 Å². The van der Waals surface area contributed by atoms with Crippen molar-refractivity contribution in [2.75, 3.05) is 52.9 Å². The summed E-state index contributed by atoms with van der Waals surface area (Å²) in [5.74, 6) is 0.628. The summed E-state index contributed by atoms with van der Waals surface area (Å²) in [5.41, 5.74) is 2.63. The van der Waals surface area contributed by atoms with Crippen LogP contribution in [0.1, 0.15) is 75.8 Å². The SMILES string of the molecule is CCCCCCCCC(C)c1ccc(COCCOCCOCCOCCO)cc1. The Labute approximate surface area is 184 Å². The van der Waals surface area contributed by atoms with Gasteiger partial charge in [0.1, 0.15) is 0 Å². The first kappa shape index (κ1) is 27.1. The van der Waals surface area contributed by atoms with Crippen molar-refractivity contribution in [3.05, 3.63) is 35.4 Å². The maximum Gasteiger partial charge on any atom is 0.0718 e. The van der Waals surface area contributed by atoms with E-state index in [9.17, 15) is 0 Å². The van der Waals surface area contributed by atoms with Crippen LogP contribution >= 0.6 is 0 Å². The molecule has 0 saturated heterocycles. The Kier molecular flexibility index (Phi) is 18.0. The fraction of sp³-hybridized carbons (Fsp3) is 0.760. The van der Waals surface area contributed by atoms with E-state index in [-0.39, 0.29) is 6.61 Å². The van der Waals surface area contributed by atoms with Crippen molar-refractivity contribution in [3.63, 3.8) is 0 Å². The molecule has 1 aromatic carbocycles. The minimum absolute atomic E-state index is 0.0473. The zero-order valence-electron chi connectivity index (χ0n) is 19.3. The van der Waals surface area contributed by atoms with Gasteiger partial charge in [-0.05, 0) is 23.5 Å². The number of aliphatic hydroxyl groups excluding tert-OH is 1. The summed E-state index contributed by atoms with van der Waals surface area (Å²) in [6, 6.07) is 8.86. The Morgan fingerprint density at radius 1 is 0.700 bits per heavy atom. The van der Waals surface area contributed by atoms with E-state index < -0.39 is 0 Å². The quantitative estimate of drug-likeness (QED) is 0.278. The van der Waals surface area contributed by atoms with Crippen LogP contribution < -0.4 is 0 Å². The van der Waals surface area contributed by atoms with Crippen molar-refractivity contribution in [2.45, 2.75) is 71.3 Å². The summed E-state index contributed by atoms with van der Waals surface area (Å²) in [5, 5.41) is 8.58. The number of benzene rings is 1. The summed E-state index contributed by atoms with van der Waals surface area (Å²) in [7, 11) is 0. The highest BCUT2D eigenvalue weighted by atomic mass is 16.6. The van der Waals surface area contributed by atoms with E-state index >= 15 is 0 Å². The molecule has 0 aliphatic carbocycles.